The molecule has 2 rings (SSSR count). The number of carbonyl (C=O) groups is 2. The van der Waals surface area contributed by atoms with Crippen molar-refractivity contribution in [3.05, 3.63) is 24.0 Å². The van der Waals surface area contributed by atoms with E-state index >= 15 is 0 Å². The second-order valence-electron chi connectivity index (χ2n) is 5.62. The van der Waals surface area contributed by atoms with E-state index in [0.29, 0.717) is 36.7 Å². The molecule has 4 N–H and O–H groups in total. The van der Waals surface area contributed by atoms with Crippen molar-refractivity contribution in [1.82, 2.24) is 10.3 Å². The first kappa shape index (κ1) is 15.3. The summed E-state index contributed by atoms with van der Waals surface area (Å²) in [6.45, 7) is 0.611. The van der Waals surface area contributed by atoms with Crippen LogP contribution in [-0.2, 0) is 16.0 Å². The van der Waals surface area contributed by atoms with Crippen molar-refractivity contribution in [2.45, 2.75) is 32.1 Å². The minimum Gasteiger partial charge on any atom is -0.481 e. The number of carboxylic acids is 1. The lowest BCUT2D eigenvalue weighted by Crippen LogP contribution is -2.33. The lowest BCUT2D eigenvalue weighted by Gasteiger charge is -2.26. The van der Waals surface area contributed by atoms with E-state index in [0.717, 1.165) is 12.8 Å². The van der Waals surface area contributed by atoms with Gasteiger partial charge >= 0.3 is 5.97 Å². The number of nitrogens with one attached hydrogen (secondary N) is 1. The Balaban J connectivity index is 1.70. The van der Waals surface area contributed by atoms with Gasteiger partial charge < -0.3 is 16.2 Å². The third kappa shape index (κ3) is 4.73. The van der Waals surface area contributed by atoms with Gasteiger partial charge in [0.25, 0.3) is 0 Å². The maximum atomic E-state index is 11.8. The van der Waals surface area contributed by atoms with Crippen molar-refractivity contribution >= 4 is 17.6 Å². The van der Waals surface area contributed by atoms with E-state index in [-0.39, 0.29) is 18.2 Å². The van der Waals surface area contributed by atoms with E-state index in [9.17, 15) is 9.59 Å². The van der Waals surface area contributed by atoms with Crippen LogP contribution < -0.4 is 11.1 Å². The van der Waals surface area contributed by atoms with Gasteiger partial charge in [-0.25, -0.2) is 0 Å². The normalized spacial score (nSPS) is 21.7. The van der Waals surface area contributed by atoms with Crippen LogP contribution in [-0.4, -0.2) is 28.5 Å². The Hall–Kier alpha value is -2.11. The van der Waals surface area contributed by atoms with Crippen LogP contribution in [0.3, 0.4) is 0 Å². The number of pyridine rings is 1. The minimum absolute atomic E-state index is 0.0624. The number of hydrogen-bond donors (Lipinski definition) is 3. The molecular formula is C15H21N3O3. The van der Waals surface area contributed by atoms with Gasteiger partial charge in [-0.1, -0.05) is 0 Å². The number of carboxylic acid groups (broad SMARTS) is 1. The average Bonchev–Trinajstić information content (AvgIpc) is 2.48. The molecule has 6 nitrogen and oxygen atoms in total. The molecule has 21 heavy (non-hydrogen) atoms. The number of amides is 1. The number of aliphatic carboxylic acids is 1. The maximum Gasteiger partial charge on any atom is 0.306 e. The molecule has 0 radical (unpaired) electrons. The smallest absolute Gasteiger partial charge is 0.306 e. The monoisotopic (exact) mass is 291 g/mol. The molecule has 1 aliphatic rings. The standard InChI is InChI=1S/C15H21N3O3/c16-12-5-6-13(17-9-12)7-14(19)18-8-10-1-3-11(4-2-10)15(20)21/h5-6,9-11H,1-4,7-8,16H2,(H,18,19)(H,20,21). The highest BCUT2D eigenvalue weighted by Crippen LogP contribution is 2.28. The molecule has 6 heteroatoms. The molecule has 0 aliphatic heterocycles. The average molecular weight is 291 g/mol. The molecule has 0 aromatic carbocycles. The van der Waals surface area contributed by atoms with Crippen LogP contribution in [0.2, 0.25) is 0 Å². The Kier molecular flexibility index (Phi) is 5.14. The lowest BCUT2D eigenvalue weighted by molar-refractivity contribution is -0.143. The van der Waals surface area contributed by atoms with E-state index in [1.165, 1.54) is 6.20 Å². The molecule has 0 spiro atoms. The molecule has 0 atom stereocenters. The fourth-order valence-corrected chi connectivity index (χ4v) is 2.64. The van der Waals surface area contributed by atoms with Gasteiger partial charge in [0.2, 0.25) is 5.91 Å². The van der Waals surface area contributed by atoms with Crippen LogP contribution in [0.25, 0.3) is 0 Å². The quantitative estimate of drug-likeness (QED) is 0.756. The van der Waals surface area contributed by atoms with Crippen LogP contribution in [0.15, 0.2) is 18.3 Å². The molecule has 1 fully saturated rings. The summed E-state index contributed by atoms with van der Waals surface area (Å²) in [5.41, 5.74) is 6.81. The Morgan fingerprint density at radius 3 is 2.57 bits per heavy atom. The van der Waals surface area contributed by atoms with Crippen LogP contribution in [0.5, 0.6) is 0 Å². The van der Waals surface area contributed by atoms with Gasteiger partial charge in [-0.15, -0.1) is 0 Å². The number of nitrogens with two attached hydrogens (primary N) is 1. The minimum atomic E-state index is -0.702. The summed E-state index contributed by atoms with van der Waals surface area (Å²) in [4.78, 5) is 26.8. The van der Waals surface area contributed by atoms with Crippen molar-refractivity contribution in [3.8, 4) is 0 Å². The van der Waals surface area contributed by atoms with Crippen LogP contribution in [0.4, 0.5) is 5.69 Å². The first-order chi connectivity index (χ1) is 10.0. The van der Waals surface area contributed by atoms with Crippen molar-refractivity contribution in [2.24, 2.45) is 11.8 Å². The first-order valence-electron chi connectivity index (χ1n) is 7.24. The number of carbonyl (C=O) groups excluding carboxylic acids is 1. The molecule has 114 valence electrons. The molecule has 0 bridgehead atoms. The van der Waals surface area contributed by atoms with Gasteiger partial charge in [0.1, 0.15) is 0 Å². The van der Waals surface area contributed by atoms with Crippen molar-refractivity contribution in [2.75, 3.05) is 12.3 Å². The van der Waals surface area contributed by atoms with Crippen LogP contribution in [0.1, 0.15) is 31.4 Å². The molecule has 0 saturated heterocycles. The highest BCUT2D eigenvalue weighted by molar-refractivity contribution is 5.78. The van der Waals surface area contributed by atoms with Gasteiger partial charge in [0.15, 0.2) is 0 Å². The Bertz CT molecular complexity index is 493. The Labute approximate surface area is 123 Å². The predicted molar refractivity (Wildman–Crippen MR) is 78.4 cm³/mol. The lowest BCUT2D eigenvalue weighted by atomic mass is 9.82. The maximum absolute atomic E-state index is 11.8. The molecule has 1 saturated carbocycles. The molecule has 0 unspecified atom stereocenters. The summed E-state index contributed by atoms with van der Waals surface area (Å²) in [7, 11) is 0. The van der Waals surface area contributed by atoms with Gasteiger partial charge in [0, 0.05) is 12.2 Å². The summed E-state index contributed by atoms with van der Waals surface area (Å²) in [6.07, 6.45) is 4.90. The molecule has 1 aromatic heterocycles. The second-order valence-corrected chi connectivity index (χ2v) is 5.62. The van der Waals surface area contributed by atoms with Gasteiger partial charge in [-0.2, -0.15) is 0 Å². The number of nitrogen functional groups attached to an aromatic ring is 1. The SMILES string of the molecule is Nc1ccc(CC(=O)NCC2CCC(C(=O)O)CC2)nc1. The zero-order valence-corrected chi connectivity index (χ0v) is 11.9. The number of hydrogen-bond acceptors (Lipinski definition) is 4. The first-order valence-corrected chi connectivity index (χ1v) is 7.24. The summed E-state index contributed by atoms with van der Waals surface area (Å²) in [6, 6.07) is 3.47. The van der Waals surface area contributed by atoms with E-state index in [4.69, 9.17) is 10.8 Å². The zero-order valence-electron chi connectivity index (χ0n) is 11.9. The number of aromatic nitrogens is 1. The molecule has 1 aliphatic carbocycles. The van der Waals surface area contributed by atoms with Gasteiger partial charge in [-0.3, -0.25) is 14.6 Å². The van der Waals surface area contributed by atoms with E-state index < -0.39 is 5.97 Å². The largest absolute Gasteiger partial charge is 0.481 e. The van der Waals surface area contributed by atoms with Gasteiger partial charge in [0.05, 0.1) is 24.2 Å². The molecular weight excluding hydrogens is 270 g/mol. The van der Waals surface area contributed by atoms with Crippen LogP contribution >= 0.6 is 0 Å². The second kappa shape index (κ2) is 7.06. The fourth-order valence-electron chi connectivity index (χ4n) is 2.64. The zero-order chi connectivity index (χ0) is 15.2. The third-order valence-corrected chi connectivity index (χ3v) is 3.97. The van der Waals surface area contributed by atoms with Gasteiger partial charge in [-0.05, 0) is 43.7 Å². The predicted octanol–water partition coefficient (Wildman–Crippen LogP) is 1.21. The van der Waals surface area contributed by atoms with E-state index in [2.05, 4.69) is 10.3 Å². The summed E-state index contributed by atoms with van der Waals surface area (Å²) >= 11 is 0. The summed E-state index contributed by atoms with van der Waals surface area (Å²) in [5, 5.41) is 11.8. The van der Waals surface area contributed by atoms with E-state index in [1.807, 2.05) is 0 Å². The Morgan fingerprint density at radius 2 is 2.00 bits per heavy atom. The fraction of sp³-hybridized carbons (Fsp3) is 0.533. The molecule has 1 amide bonds. The number of rotatable bonds is 5. The Morgan fingerprint density at radius 1 is 1.29 bits per heavy atom. The highest BCUT2D eigenvalue weighted by atomic mass is 16.4. The van der Waals surface area contributed by atoms with Crippen molar-refractivity contribution in [3.63, 3.8) is 0 Å². The van der Waals surface area contributed by atoms with Crippen LogP contribution in [0, 0.1) is 11.8 Å². The summed E-state index contributed by atoms with van der Waals surface area (Å²) < 4.78 is 0. The van der Waals surface area contributed by atoms with E-state index in [1.54, 1.807) is 12.1 Å². The topological polar surface area (TPSA) is 105 Å². The molecule has 1 heterocycles. The number of nitrogens with zero attached hydrogens (tertiary/aromatic N) is 1. The molecule has 1 aromatic rings. The number of anilines is 1. The summed E-state index contributed by atoms with van der Waals surface area (Å²) in [5.74, 6) is -0.598. The third-order valence-electron chi connectivity index (χ3n) is 3.97. The van der Waals surface area contributed by atoms with Crippen molar-refractivity contribution in [1.29, 1.82) is 0 Å². The highest BCUT2D eigenvalue weighted by Gasteiger charge is 2.25. The van der Waals surface area contributed by atoms with Crippen molar-refractivity contribution < 1.29 is 14.7 Å².